The van der Waals surface area contributed by atoms with Crippen molar-refractivity contribution in [2.45, 2.75) is 51.2 Å². The third-order valence-electron chi connectivity index (χ3n) is 3.12. The molecule has 0 atom stereocenters. The molecule has 1 aliphatic carbocycles. The van der Waals surface area contributed by atoms with Crippen molar-refractivity contribution in [3.8, 4) is 0 Å². The SMILES string of the molecule is C[Si](C)(CN)CC1CCCCC1.Cl. The van der Waals surface area contributed by atoms with Gasteiger partial charge in [0, 0.05) is 0 Å². The molecule has 1 saturated carbocycles. The molecule has 0 aromatic rings. The van der Waals surface area contributed by atoms with E-state index in [4.69, 9.17) is 5.73 Å². The molecule has 1 rings (SSSR count). The average molecular weight is 222 g/mol. The fraction of sp³-hybridized carbons (Fsp3) is 1.00. The summed E-state index contributed by atoms with van der Waals surface area (Å²) in [7, 11) is -0.987. The Bertz CT molecular complexity index is 133. The molecule has 80 valence electrons. The summed E-state index contributed by atoms with van der Waals surface area (Å²) in [4.78, 5) is 0. The topological polar surface area (TPSA) is 26.0 Å². The summed E-state index contributed by atoms with van der Waals surface area (Å²) in [5.41, 5.74) is 5.79. The Morgan fingerprint density at radius 1 is 1.15 bits per heavy atom. The lowest BCUT2D eigenvalue weighted by atomic mass is 9.91. The number of hydrogen-bond acceptors (Lipinski definition) is 1. The Kier molecular flexibility index (Phi) is 6.26. The van der Waals surface area contributed by atoms with Gasteiger partial charge in [0.15, 0.2) is 0 Å². The smallest absolute Gasteiger partial charge is 0.0625 e. The number of halogens is 1. The molecule has 13 heavy (non-hydrogen) atoms. The lowest BCUT2D eigenvalue weighted by Crippen LogP contribution is -2.38. The molecule has 1 nitrogen and oxygen atoms in total. The van der Waals surface area contributed by atoms with Crippen LogP contribution in [0.3, 0.4) is 0 Å². The minimum atomic E-state index is -0.987. The van der Waals surface area contributed by atoms with Gasteiger partial charge in [0.1, 0.15) is 0 Å². The van der Waals surface area contributed by atoms with Gasteiger partial charge in [-0.25, -0.2) is 0 Å². The Labute approximate surface area is 89.9 Å². The highest BCUT2D eigenvalue weighted by atomic mass is 35.5. The van der Waals surface area contributed by atoms with Crippen LogP contribution in [0.4, 0.5) is 0 Å². The second-order valence-electron chi connectivity index (χ2n) is 5.08. The quantitative estimate of drug-likeness (QED) is 0.728. The highest BCUT2D eigenvalue weighted by Gasteiger charge is 2.24. The molecule has 1 aliphatic rings. The van der Waals surface area contributed by atoms with E-state index >= 15 is 0 Å². The van der Waals surface area contributed by atoms with Crippen molar-refractivity contribution in [1.82, 2.24) is 0 Å². The normalized spacial score (nSPS) is 19.6. The van der Waals surface area contributed by atoms with E-state index in [9.17, 15) is 0 Å². The number of rotatable bonds is 3. The summed E-state index contributed by atoms with van der Waals surface area (Å²) in [6.45, 7) is 4.86. The van der Waals surface area contributed by atoms with Gasteiger partial charge in [-0.3, -0.25) is 0 Å². The van der Waals surface area contributed by atoms with Gasteiger partial charge in [-0.1, -0.05) is 51.2 Å². The van der Waals surface area contributed by atoms with Gasteiger partial charge in [0.2, 0.25) is 0 Å². The van der Waals surface area contributed by atoms with E-state index in [0.717, 1.165) is 12.1 Å². The largest absolute Gasteiger partial charge is 0.333 e. The number of nitrogens with two attached hydrogens (primary N) is 1. The Balaban J connectivity index is 0.00000144. The molecule has 0 radical (unpaired) electrons. The maximum atomic E-state index is 5.79. The molecule has 0 heterocycles. The second-order valence-corrected chi connectivity index (χ2v) is 10.2. The van der Waals surface area contributed by atoms with E-state index in [2.05, 4.69) is 13.1 Å². The fourth-order valence-corrected chi connectivity index (χ4v) is 4.39. The highest BCUT2D eigenvalue weighted by Crippen LogP contribution is 2.30. The van der Waals surface area contributed by atoms with Crippen molar-refractivity contribution in [2.75, 3.05) is 6.17 Å². The molecule has 0 spiro atoms. The predicted octanol–water partition coefficient (Wildman–Crippen LogP) is 3.19. The zero-order valence-electron chi connectivity index (χ0n) is 9.01. The number of hydrogen-bond donors (Lipinski definition) is 1. The standard InChI is InChI=1S/C10H23NSi.ClH/c1-12(2,9-11)8-10-6-4-3-5-7-10;/h10H,3-9,11H2,1-2H3;1H. The van der Waals surface area contributed by atoms with Crippen LogP contribution in [0.15, 0.2) is 0 Å². The first-order chi connectivity index (χ1) is 5.64. The van der Waals surface area contributed by atoms with Crippen LogP contribution in [0.25, 0.3) is 0 Å². The van der Waals surface area contributed by atoms with Crippen molar-refractivity contribution < 1.29 is 0 Å². The Hall–Kier alpha value is 0.467. The summed E-state index contributed by atoms with van der Waals surface area (Å²) in [6, 6.07) is 1.48. The summed E-state index contributed by atoms with van der Waals surface area (Å²) in [5.74, 6) is 1.03. The van der Waals surface area contributed by atoms with Gasteiger partial charge in [-0.2, -0.15) is 0 Å². The Morgan fingerprint density at radius 2 is 1.69 bits per heavy atom. The first-order valence-corrected chi connectivity index (χ1v) is 8.75. The first kappa shape index (κ1) is 13.5. The van der Waals surface area contributed by atoms with E-state index in [1.807, 2.05) is 0 Å². The summed E-state index contributed by atoms with van der Waals surface area (Å²) in [6.07, 6.45) is 8.36. The van der Waals surface area contributed by atoms with Crippen molar-refractivity contribution in [2.24, 2.45) is 11.7 Å². The summed E-state index contributed by atoms with van der Waals surface area (Å²) >= 11 is 0. The van der Waals surface area contributed by atoms with Crippen molar-refractivity contribution in [1.29, 1.82) is 0 Å². The van der Waals surface area contributed by atoms with E-state index in [1.54, 1.807) is 0 Å². The zero-order valence-corrected chi connectivity index (χ0v) is 10.8. The van der Waals surface area contributed by atoms with E-state index < -0.39 is 8.07 Å². The maximum Gasteiger partial charge on any atom is 0.0625 e. The summed E-state index contributed by atoms with van der Waals surface area (Å²) < 4.78 is 0. The molecule has 0 aliphatic heterocycles. The molecular formula is C10H24ClNSi. The van der Waals surface area contributed by atoms with Gasteiger partial charge in [-0.05, 0) is 12.1 Å². The molecule has 2 N–H and O–H groups in total. The third-order valence-corrected chi connectivity index (χ3v) is 5.91. The fourth-order valence-electron chi connectivity index (χ4n) is 2.26. The molecule has 0 aromatic heterocycles. The zero-order chi connectivity index (χ0) is 9.03. The van der Waals surface area contributed by atoms with Crippen molar-refractivity contribution in [3.05, 3.63) is 0 Å². The first-order valence-electron chi connectivity index (χ1n) is 5.34. The van der Waals surface area contributed by atoms with Gasteiger partial charge in [-0.15, -0.1) is 12.4 Å². The van der Waals surface area contributed by atoms with Crippen LogP contribution in [-0.2, 0) is 0 Å². The van der Waals surface area contributed by atoms with E-state index in [-0.39, 0.29) is 12.4 Å². The predicted molar refractivity (Wildman–Crippen MR) is 65.2 cm³/mol. The molecule has 0 saturated heterocycles. The van der Waals surface area contributed by atoms with E-state index in [0.29, 0.717) is 0 Å². The van der Waals surface area contributed by atoms with Crippen LogP contribution in [0.5, 0.6) is 0 Å². The molecule has 0 unspecified atom stereocenters. The lowest BCUT2D eigenvalue weighted by molar-refractivity contribution is 0.381. The highest BCUT2D eigenvalue weighted by molar-refractivity contribution is 6.77. The van der Waals surface area contributed by atoms with Gasteiger partial charge in [0.25, 0.3) is 0 Å². The molecule has 0 bridgehead atoms. The second kappa shape index (κ2) is 6.05. The third kappa shape index (κ3) is 5.04. The van der Waals surface area contributed by atoms with Gasteiger partial charge >= 0.3 is 0 Å². The molecule has 0 aromatic carbocycles. The molecule has 3 heteroatoms. The minimum Gasteiger partial charge on any atom is -0.333 e. The van der Waals surface area contributed by atoms with Crippen molar-refractivity contribution in [3.63, 3.8) is 0 Å². The maximum absolute atomic E-state index is 5.79. The monoisotopic (exact) mass is 221 g/mol. The van der Waals surface area contributed by atoms with Crippen LogP contribution < -0.4 is 5.73 Å². The van der Waals surface area contributed by atoms with Crippen LogP contribution in [-0.4, -0.2) is 14.2 Å². The van der Waals surface area contributed by atoms with Crippen LogP contribution >= 0.6 is 12.4 Å². The van der Waals surface area contributed by atoms with Crippen molar-refractivity contribution >= 4 is 20.5 Å². The van der Waals surface area contributed by atoms with Crippen LogP contribution in [0, 0.1) is 5.92 Å². The summed E-state index contributed by atoms with van der Waals surface area (Å²) in [5, 5.41) is 0. The molecule has 1 fully saturated rings. The molecular weight excluding hydrogens is 198 g/mol. The molecule has 0 amide bonds. The minimum absolute atomic E-state index is 0. The average Bonchev–Trinajstić information content (AvgIpc) is 2.06. The van der Waals surface area contributed by atoms with Gasteiger partial charge in [0.05, 0.1) is 8.07 Å². The van der Waals surface area contributed by atoms with Crippen LogP contribution in [0.2, 0.25) is 19.1 Å². The van der Waals surface area contributed by atoms with Gasteiger partial charge < -0.3 is 5.73 Å². The van der Waals surface area contributed by atoms with Crippen LogP contribution in [0.1, 0.15) is 32.1 Å². The Morgan fingerprint density at radius 3 is 2.15 bits per heavy atom. The van der Waals surface area contributed by atoms with E-state index in [1.165, 1.54) is 38.1 Å². The lowest BCUT2D eigenvalue weighted by Gasteiger charge is -2.29.